The van der Waals surface area contributed by atoms with Crippen LogP contribution in [-0.4, -0.2) is 47.3 Å². The lowest BCUT2D eigenvalue weighted by Crippen LogP contribution is -2.33. The normalized spacial score (nSPS) is 13.7. The number of sulfonamides is 1. The minimum absolute atomic E-state index is 0.146. The molecule has 1 heterocycles. The van der Waals surface area contributed by atoms with Gasteiger partial charge in [0.05, 0.1) is 11.9 Å². The van der Waals surface area contributed by atoms with Gasteiger partial charge in [-0.15, -0.1) is 0 Å². The van der Waals surface area contributed by atoms with Gasteiger partial charge in [-0.1, -0.05) is 18.2 Å². The predicted molar refractivity (Wildman–Crippen MR) is 114 cm³/mol. The zero-order valence-corrected chi connectivity index (χ0v) is 17.2. The van der Waals surface area contributed by atoms with Crippen LogP contribution in [0.3, 0.4) is 0 Å². The number of nitrogens with zero attached hydrogens (tertiary/aromatic N) is 2. The largest absolute Gasteiger partial charge is 0.371 e. The summed E-state index contributed by atoms with van der Waals surface area (Å²) in [6, 6.07) is 15.1. The van der Waals surface area contributed by atoms with Gasteiger partial charge in [0, 0.05) is 37.9 Å². The first-order valence-corrected chi connectivity index (χ1v) is 11.4. The number of hydrogen-bond acceptors (Lipinski definition) is 4. The fourth-order valence-electron chi connectivity index (χ4n) is 3.43. The smallest absolute Gasteiger partial charge is 0.251 e. The van der Waals surface area contributed by atoms with Gasteiger partial charge in [-0.2, -0.15) is 0 Å². The Morgan fingerprint density at radius 2 is 1.86 bits per heavy atom. The number of benzene rings is 2. The molecule has 0 aromatic heterocycles. The van der Waals surface area contributed by atoms with Crippen LogP contribution < -0.4 is 14.5 Å². The fraction of sp³-hybridized carbons (Fsp3) is 0.381. The van der Waals surface area contributed by atoms with Crippen LogP contribution in [0.2, 0.25) is 0 Å². The summed E-state index contributed by atoms with van der Waals surface area (Å²) < 4.78 is 24.3. The van der Waals surface area contributed by atoms with Crippen molar-refractivity contribution in [3.8, 4) is 0 Å². The number of anilines is 2. The quantitative estimate of drug-likeness (QED) is 0.724. The van der Waals surface area contributed by atoms with E-state index in [1.807, 2.05) is 0 Å². The average molecular weight is 402 g/mol. The van der Waals surface area contributed by atoms with Crippen molar-refractivity contribution in [1.29, 1.82) is 0 Å². The third-order valence-corrected chi connectivity index (χ3v) is 6.29. The summed E-state index contributed by atoms with van der Waals surface area (Å²) >= 11 is 0. The Labute approximate surface area is 167 Å². The van der Waals surface area contributed by atoms with Crippen LogP contribution in [0, 0.1) is 0 Å². The number of aryl methyl sites for hydroxylation is 1. The van der Waals surface area contributed by atoms with Gasteiger partial charge in [0.2, 0.25) is 10.0 Å². The lowest BCUT2D eigenvalue weighted by atomic mass is 10.0. The third-order valence-electron chi connectivity index (χ3n) is 5.09. The lowest BCUT2D eigenvalue weighted by molar-refractivity contribution is 0.0953. The van der Waals surface area contributed by atoms with Crippen molar-refractivity contribution in [2.75, 3.05) is 42.1 Å². The van der Waals surface area contributed by atoms with E-state index in [0.717, 1.165) is 38.6 Å². The van der Waals surface area contributed by atoms with E-state index >= 15 is 0 Å². The second kappa shape index (κ2) is 8.65. The van der Waals surface area contributed by atoms with Crippen molar-refractivity contribution in [2.45, 2.75) is 19.3 Å². The molecule has 0 aliphatic carbocycles. The molecule has 1 aliphatic heterocycles. The van der Waals surface area contributed by atoms with E-state index < -0.39 is 10.0 Å². The summed E-state index contributed by atoms with van der Waals surface area (Å²) in [4.78, 5) is 14.7. The van der Waals surface area contributed by atoms with Gasteiger partial charge < -0.3 is 10.2 Å². The molecule has 7 heteroatoms. The van der Waals surface area contributed by atoms with Crippen LogP contribution in [0.25, 0.3) is 0 Å². The van der Waals surface area contributed by atoms with E-state index in [-0.39, 0.29) is 5.91 Å². The molecule has 0 bridgehead atoms. The Morgan fingerprint density at radius 1 is 1.14 bits per heavy atom. The van der Waals surface area contributed by atoms with Crippen molar-refractivity contribution in [1.82, 2.24) is 5.32 Å². The first-order valence-electron chi connectivity index (χ1n) is 9.51. The van der Waals surface area contributed by atoms with Crippen LogP contribution in [0.5, 0.6) is 0 Å². The standard InChI is InChI=1S/C21H27N3O3S/c1-23(28(2,26)27)19-12-10-18(11-13-19)21(25)22-14-6-16-24-15-5-8-17-7-3-4-9-20(17)24/h3-4,7,9-13H,5-6,8,14-16H2,1-2H3,(H,22,25). The Bertz CT molecular complexity index is 926. The maximum absolute atomic E-state index is 12.3. The average Bonchev–Trinajstić information content (AvgIpc) is 2.70. The lowest BCUT2D eigenvalue weighted by Gasteiger charge is -2.31. The summed E-state index contributed by atoms with van der Waals surface area (Å²) in [6.07, 6.45) is 4.31. The number of rotatable bonds is 7. The highest BCUT2D eigenvalue weighted by Gasteiger charge is 2.16. The first-order chi connectivity index (χ1) is 13.4. The molecule has 3 rings (SSSR count). The summed E-state index contributed by atoms with van der Waals surface area (Å²) in [7, 11) is -1.82. The first kappa shape index (κ1) is 20.2. The molecular weight excluding hydrogens is 374 g/mol. The molecule has 2 aromatic carbocycles. The van der Waals surface area contributed by atoms with Crippen LogP contribution in [0.1, 0.15) is 28.8 Å². The van der Waals surface area contributed by atoms with Crippen molar-refractivity contribution in [3.63, 3.8) is 0 Å². The van der Waals surface area contributed by atoms with Gasteiger partial charge in [-0.3, -0.25) is 9.10 Å². The van der Waals surface area contributed by atoms with E-state index in [9.17, 15) is 13.2 Å². The third kappa shape index (κ3) is 4.84. The number of amides is 1. The Morgan fingerprint density at radius 3 is 2.57 bits per heavy atom. The Hall–Kier alpha value is -2.54. The maximum Gasteiger partial charge on any atom is 0.251 e. The molecular formula is C21H27N3O3S. The Kier molecular flexibility index (Phi) is 6.24. The number of carbonyl (C=O) groups is 1. The number of para-hydroxylation sites is 1. The number of hydrogen-bond donors (Lipinski definition) is 1. The molecule has 0 unspecified atom stereocenters. The molecule has 150 valence electrons. The van der Waals surface area contributed by atoms with E-state index in [4.69, 9.17) is 0 Å². The second-order valence-electron chi connectivity index (χ2n) is 7.11. The van der Waals surface area contributed by atoms with Gasteiger partial charge in [-0.05, 0) is 55.2 Å². The SMILES string of the molecule is CN(c1ccc(C(=O)NCCCN2CCCc3ccccc32)cc1)S(C)(=O)=O. The summed E-state index contributed by atoms with van der Waals surface area (Å²) in [6.45, 7) is 2.57. The van der Waals surface area contributed by atoms with Crippen LogP contribution >= 0.6 is 0 Å². The summed E-state index contributed by atoms with van der Waals surface area (Å²) in [5.41, 5.74) is 3.76. The summed E-state index contributed by atoms with van der Waals surface area (Å²) in [5, 5.41) is 2.94. The topological polar surface area (TPSA) is 69.7 Å². The van der Waals surface area contributed by atoms with Gasteiger partial charge in [-0.25, -0.2) is 8.42 Å². The van der Waals surface area contributed by atoms with Crippen LogP contribution in [0.15, 0.2) is 48.5 Å². The molecule has 28 heavy (non-hydrogen) atoms. The van der Waals surface area contributed by atoms with Crippen molar-refractivity contribution in [2.24, 2.45) is 0 Å². The van der Waals surface area contributed by atoms with Crippen molar-refractivity contribution in [3.05, 3.63) is 59.7 Å². The van der Waals surface area contributed by atoms with Gasteiger partial charge >= 0.3 is 0 Å². The highest BCUT2D eigenvalue weighted by molar-refractivity contribution is 7.92. The zero-order chi connectivity index (χ0) is 20.1. The summed E-state index contributed by atoms with van der Waals surface area (Å²) in [5.74, 6) is -0.146. The molecule has 0 saturated carbocycles. The van der Waals surface area contributed by atoms with Crippen LogP contribution in [-0.2, 0) is 16.4 Å². The fourth-order valence-corrected chi connectivity index (χ4v) is 3.94. The molecule has 6 nitrogen and oxygen atoms in total. The Balaban J connectivity index is 1.49. The van der Waals surface area contributed by atoms with Gasteiger partial charge in [0.25, 0.3) is 5.91 Å². The molecule has 0 saturated heterocycles. The van der Waals surface area contributed by atoms with E-state index in [1.54, 1.807) is 24.3 Å². The monoisotopic (exact) mass is 401 g/mol. The van der Waals surface area contributed by atoms with Gasteiger partial charge in [0.15, 0.2) is 0 Å². The highest BCUT2D eigenvalue weighted by atomic mass is 32.2. The zero-order valence-electron chi connectivity index (χ0n) is 16.4. The molecule has 0 atom stereocenters. The van der Waals surface area contributed by atoms with E-state index in [1.165, 1.54) is 22.6 Å². The van der Waals surface area contributed by atoms with Crippen molar-refractivity contribution >= 4 is 27.3 Å². The van der Waals surface area contributed by atoms with E-state index in [2.05, 4.69) is 34.5 Å². The van der Waals surface area contributed by atoms with E-state index in [0.29, 0.717) is 17.8 Å². The molecule has 1 N–H and O–H groups in total. The highest BCUT2D eigenvalue weighted by Crippen LogP contribution is 2.26. The second-order valence-corrected chi connectivity index (χ2v) is 9.12. The molecule has 0 spiro atoms. The molecule has 0 fully saturated rings. The molecule has 1 amide bonds. The molecule has 2 aromatic rings. The number of fused-ring (bicyclic) bond motifs is 1. The van der Waals surface area contributed by atoms with Crippen LogP contribution in [0.4, 0.5) is 11.4 Å². The minimum atomic E-state index is -3.31. The number of nitrogens with one attached hydrogen (secondary N) is 1. The maximum atomic E-state index is 12.3. The molecule has 0 radical (unpaired) electrons. The molecule has 1 aliphatic rings. The predicted octanol–water partition coefficient (Wildman–Crippen LogP) is 2.66. The number of carbonyl (C=O) groups excluding carboxylic acids is 1. The minimum Gasteiger partial charge on any atom is -0.371 e. The van der Waals surface area contributed by atoms with Crippen molar-refractivity contribution < 1.29 is 13.2 Å². The van der Waals surface area contributed by atoms with Gasteiger partial charge in [0.1, 0.15) is 0 Å².